The van der Waals surface area contributed by atoms with Crippen molar-refractivity contribution in [2.45, 2.75) is 25.9 Å². The van der Waals surface area contributed by atoms with Crippen molar-refractivity contribution in [3.8, 4) is 0 Å². The van der Waals surface area contributed by atoms with E-state index in [-0.39, 0.29) is 23.5 Å². The van der Waals surface area contributed by atoms with E-state index in [9.17, 15) is 13.2 Å². The van der Waals surface area contributed by atoms with Gasteiger partial charge in [-0.25, -0.2) is 8.42 Å². The number of rotatable bonds is 5. The van der Waals surface area contributed by atoms with Crippen LogP contribution < -0.4 is 0 Å². The second-order valence-corrected chi connectivity index (χ2v) is 9.56. The number of carbonyl (C=O) groups excluding carboxylic acids is 1. The standard InChI is InChI=1S/C21H22ClNO3S/c1-16-5-7-17(8-6-16)9-10-21(24)23(20-11-12-27(25,26)15-20)14-18-3-2-4-19(22)13-18/h2-10,13,20H,11-12,14-15H2,1H3/b10-9+. The second kappa shape index (κ2) is 8.28. The fraction of sp³-hybridized carbons (Fsp3) is 0.286. The van der Waals surface area contributed by atoms with E-state index in [0.717, 1.165) is 16.7 Å². The first-order valence-electron chi connectivity index (χ1n) is 8.83. The van der Waals surface area contributed by atoms with Gasteiger partial charge in [0.15, 0.2) is 9.84 Å². The maximum atomic E-state index is 12.9. The SMILES string of the molecule is Cc1ccc(/C=C/C(=O)N(Cc2cccc(Cl)c2)C2CCS(=O)(=O)C2)cc1. The summed E-state index contributed by atoms with van der Waals surface area (Å²) in [7, 11) is -3.09. The minimum Gasteiger partial charge on any atom is -0.331 e. The Labute approximate surface area is 165 Å². The normalized spacial score (nSPS) is 18.7. The lowest BCUT2D eigenvalue weighted by Gasteiger charge is -2.27. The Hall–Kier alpha value is -2.11. The summed E-state index contributed by atoms with van der Waals surface area (Å²) >= 11 is 6.05. The number of benzene rings is 2. The maximum absolute atomic E-state index is 12.9. The first-order chi connectivity index (χ1) is 12.8. The molecule has 6 heteroatoms. The first-order valence-corrected chi connectivity index (χ1v) is 11.0. The molecule has 0 N–H and O–H groups in total. The molecule has 1 aliphatic rings. The number of aryl methyl sites for hydroxylation is 1. The van der Waals surface area contributed by atoms with Crippen molar-refractivity contribution in [1.82, 2.24) is 4.90 Å². The summed E-state index contributed by atoms with van der Waals surface area (Å²) in [6.07, 6.45) is 3.74. The van der Waals surface area contributed by atoms with E-state index in [0.29, 0.717) is 18.0 Å². The molecule has 2 aromatic carbocycles. The first kappa shape index (κ1) is 19.6. The number of halogens is 1. The monoisotopic (exact) mass is 403 g/mol. The van der Waals surface area contributed by atoms with Crippen LogP contribution in [0.2, 0.25) is 5.02 Å². The summed E-state index contributed by atoms with van der Waals surface area (Å²) in [6, 6.07) is 14.8. The van der Waals surface area contributed by atoms with Crippen molar-refractivity contribution in [2.75, 3.05) is 11.5 Å². The van der Waals surface area contributed by atoms with Crippen LogP contribution in [0.4, 0.5) is 0 Å². The molecular formula is C21H22ClNO3S. The molecule has 1 atom stereocenters. The molecule has 1 fully saturated rings. The van der Waals surface area contributed by atoms with Gasteiger partial charge in [0, 0.05) is 23.7 Å². The van der Waals surface area contributed by atoms with Gasteiger partial charge in [-0.3, -0.25) is 4.79 Å². The molecule has 0 radical (unpaired) electrons. The van der Waals surface area contributed by atoms with E-state index in [4.69, 9.17) is 11.6 Å². The summed E-state index contributed by atoms with van der Waals surface area (Å²) < 4.78 is 23.8. The van der Waals surface area contributed by atoms with Gasteiger partial charge in [0.05, 0.1) is 11.5 Å². The fourth-order valence-electron chi connectivity index (χ4n) is 3.18. The van der Waals surface area contributed by atoms with Crippen LogP contribution in [0.1, 0.15) is 23.1 Å². The van der Waals surface area contributed by atoms with E-state index in [2.05, 4.69) is 0 Å². The minimum absolute atomic E-state index is 0.0116. The van der Waals surface area contributed by atoms with Crippen LogP contribution in [0.25, 0.3) is 6.08 Å². The molecule has 0 spiro atoms. The largest absolute Gasteiger partial charge is 0.331 e. The van der Waals surface area contributed by atoms with Crippen LogP contribution >= 0.6 is 11.6 Å². The van der Waals surface area contributed by atoms with Crippen molar-refractivity contribution < 1.29 is 13.2 Å². The van der Waals surface area contributed by atoms with Crippen LogP contribution in [-0.2, 0) is 21.2 Å². The van der Waals surface area contributed by atoms with Gasteiger partial charge >= 0.3 is 0 Å². The third kappa shape index (κ3) is 5.44. The molecule has 0 saturated carbocycles. The summed E-state index contributed by atoms with van der Waals surface area (Å²) in [5.74, 6) is -0.0614. The highest BCUT2D eigenvalue weighted by Gasteiger charge is 2.34. The number of carbonyl (C=O) groups is 1. The van der Waals surface area contributed by atoms with Gasteiger partial charge in [0.1, 0.15) is 0 Å². The van der Waals surface area contributed by atoms with E-state index in [1.165, 1.54) is 6.08 Å². The van der Waals surface area contributed by atoms with Gasteiger partial charge in [-0.05, 0) is 42.7 Å². The summed E-state index contributed by atoms with van der Waals surface area (Å²) in [4.78, 5) is 14.5. The van der Waals surface area contributed by atoms with Gasteiger partial charge in [-0.1, -0.05) is 53.6 Å². The highest BCUT2D eigenvalue weighted by atomic mass is 35.5. The highest BCUT2D eigenvalue weighted by Crippen LogP contribution is 2.22. The quantitative estimate of drug-likeness (QED) is 0.712. The van der Waals surface area contributed by atoms with Crippen molar-refractivity contribution in [1.29, 1.82) is 0 Å². The Balaban J connectivity index is 1.81. The number of nitrogens with zero attached hydrogens (tertiary/aromatic N) is 1. The molecule has 0 bridgehead atoms. The van der Waals surface area contributed by atoms with Gasteiger partial charge in [0.25, 0.3) is 0 Å². The Morgan fingerprint density at radius 1 is 1.22 bits per heavy atom. The van der Waals surface area contributed by atoms with Crippen molar-refractivity contribution >= 4 is 33.4 Å². The zero-order valence-corrected chi connectivity index (χ0v) is 16.7. The predicted octanol–water partition coefficient (Wildman–Crippen LogP) is 3.88. The van der Waals surface area contributed by atoms with Gasteiger partial charge in [-0.2, -0.15) is 0 Å². The Kier molecular flexibility index (Phi) is 6.02. The molecule has 2 aromatic rings. The van der Waals surface area contributed by atoms with Crippen molar-refractivity contribution in [3.63, 3.8) is 0 Å². The van der Waals surface area contributed by atoms with E-state index >= 15 is 0 Å². The van der Waals surface area contributed by atoms with Gasteiger partial charge in [-0.15, -0.1) is 0 Å². The fourth-order valence-corrected chi connectivity index (χ4v) is 5.12. The molecule has 1 amide bonds. The Morgan fingerprint density at radius 3 is 2.59 bits per heavy atom. The number of hydrogen-bond donors (Lipinski definition) is 0. The van der Waals surface area contributed by atoms with Crippen LogP contribution in [0.5, 0.6) is 0 Å². The third-order valence-electron chi connectivity index (χ3n) is 4.67. The number of hydrogen-bond acceptors (Lipinski definition) is 3. The molecule has 142 valence electrons. The van der Waals surface area contributed by atoms with Crippen LogP contribution in [0.3, 0.4) is 0 Å². The maximum Gasteiger partial charge on any atom is 0.247 e. The van der Waals surface area contributed by atoms with Crippen molar-refractivity contribution in [2.24, 2.45) is 0 Å². The van der Waals surface area contributed by atoms with Crippen LogP contribution in [0.15, 0.2) is 54.6 Å². The predicted molar refractivity (Wildman–Crippen MR) is 109 cm³/mol. The zero-order valence-electron chi connectivity index (χ0n) is 15.1. The van der Waals surface area contributed by atoms with Gasteiger partial charge < -0.3 is 4.90 Å². The van der Waals surface area contributed by atoms with Crippen molar-refractivity contribution in [3.05, 3.63) is 76.3 Å². The molecule has 27 heavy (non-hydrogen) atoms. The smallest absolute Gasteiger partial charge is 0.247 e. The summed E-state index contributed by atoms with van der Waals surface area (Å²) in [5.41, 5.74) is 2.96. The molecule has 4 nitrogen and oxygen atoms in total. The van der Waals surface area contributed by atoms with Gasteiger partial charge in [0.2, 0.25) is 5.91 Å². The van der Waals surface area contributed by atoms with Crippen LogP contribution in [0, 0.1) is 6.92 Å². The molecule has 1 heterocycles. The molecule has 1 aliphatic heterocycles. The molecule has 1 saturated heterocycles. The van der Waals surface area contributed by atoms with E-state index in [1.54, 1.807) is 23.1 Å². The van der Waals surface area contributed by atoms with Crippen LogP contribution in [-0.4, -0.2) is 36.8 Å². The lowest BCUT2D eigenvalue weighted by atomic mass is 10.1. The Bertz CT molecular complexity index is 952. The topological polar surface area (TPSA) is 54.5 Å². The molecular weight excluding hydrogens is 382 g/mol. The lowest BCUT2D eigenvalue weighted by Crippen LogP contribution is -2.39. The minimum atomic E-state index is -3.09. The average Bonchev–Trinajstić information content (AvgIpc) is 2.98. The molecule has 1 unspecified atom stereocenters. The molecule has 0 aromatic heterocycles. The van der Waals surface area contributed by atoms with E-state index in [1.807, 2.05) is 43.3 Å². The second-order valence-electron chi connectivity index (χ2n) is 6.90. The lowest BCUT2D eigenvalue weighted by molar-refractivity contribution is -0.128. The molecule has 0 aliphatic carbocycles. The van der Waals surface area contributed by atoms with E-state index < -0.39 is 9.84 Å². The molecule has 3 rings (SSSR count). The number of amides is 1. The summed E-state index contributed by atoms with van der Waals surface area (Å²) in [5, 5.41) is 0.592. The summed E-state index contributed by atoms with van der Waals surface area (Å²) in [6.45, 7) is 2.34. The highest BCUT2D eigenvalue weighted by molar-refractivity contribution is 7.91. The zero-order chi connectivity index (χ0) is 19.4. The average molecular weight is 404 g/mol. The number of sulfone groups is 1. The Morgan fingerprint density at radius 2 is 1.96 bits per heavy atom. The third-order valence-corrected chi connectivity index (χ3v) is 6.66.